The number of hydrogen-bond acceptors (Lipinski definition) is 4. The first-order valence-electron chi connectivity index (χ1n) is 7.04. The Morgan fingerprint density at radius 1 is 1.25 bits per heavy atom. The van der Waals surface area contributed by atoms with Gasteiger partial charge < -0.3 is 14.4 Å². The number of carbonyl (C=O) groups is 1. The molecule has 0 bridgehead atoms. The quantitative estimate of drug-likeness (QED) is 0.797. The Bertz CT molecular complexity index is 506. The van der Waals surface area contributed by atoms with Gasteiger partial charge in [-0.05, 0) is 37.3 Å². The number of fused-ring (bicyclic) bond motifs is 1. The Morgan fingerprint density at radius 2 is 2.05 bits per heavy atom. The van der Waals surface area contributed by atoms with E-state index in [2.05, 4.69) is 6.92 Å². The van der Waals surface area contributed by atoms with Crippen LogP contribution in [0.4, 0.5) is 0 Å². The number of thioether (sulfide) groups is 1. The molecule has 108 valence electrons. The molecule has 3 rings (SSSR count). The van der Waals surface area contributed by atoms with Gasteiger partial charge in [0, 0.05) is 23.9 Å². The molecule has 0 saturated carbocycles. The van der Waals surface area contributed by atoms with E-state index in [-0.39, 0.29) is 5.91 Å². The molecule has 1 fully saturated rings. The third-order valence-corrected chi connectivity index (χ3v) is 4.73. The van der Waals surface area contributed by atoms with Gasteiger partial charge in [-0.1, -0.05) is 0 Å². The van der Waals surface area contributed by atoms with Crippen LogP contribution >= 0.6 is 11.8 Å². The maximum absolute atomic E-state index is 12.7. The molecular weight excluding hydrogens is 274 g/mol. The number of ether oxygens (including phenoxy) is 2. The lowest BCUT2D eigenvalue weighted by Gasteiger charge is -2.27. The third kappa shape index (κ3) is 2.73. The van der Waals surface area contributed by atoms with E-state index in [4.69, 9.17) is 9.47 Å². The van der Waals surface area contributed by atoms with Gasteiger partial charge in [0.1, 0.15) is 13.2 Å². The Morgan fingerprint density at radius 3 is 2.90 bits per heavy atom. The zero-order valence-corrected chi connectivity index (χ0v) is 12.4. The summed E-state index contributed by atoms with van der Waals surface area (Å²) in [7, 11) is 0. The first kappa shape index (κ1) is 13.6. The summed E-state index contributed by atoms with van der Waals surface area (Å²) >= 11 is 1.92. The number of nitrogens with zero attached hydrogens (tertiary/aromatic N) is 1. The molecule has 1 atom stereocenters. The lowest BCUT2D eigenvalue weighted by Crippen LogP contribution is -2.39. The van der Waals surface area contributed by atoms with Crippen LogP contribution in [0, 0.1) is 0 Å². The fraction of sp³-hybridized carbons (Fsp3) is 0.533. The van der Waals surface area contributed by atoms with Gasteiger partial charge in [0.2, 0.25) is 0 Å². The average molecular weight is 293 g/mol. The summed E-state index contributed by atoms with van der Waals surface area (Å²) in [6.45, 7) is 4.06. The van der Waals surface area contributed by atoms with Crippen molar-refractivity contribution in [1.29, 1.82) is 0 Å². The highest BCUT2D eigenvalue weighted by molar-refractivity contribution is 7.99. The van der Waals surface area contributed by atoms with Crippen molar-refractivity contribution in [2.24, 2.45) is 0 Å². The fourth-order valence-corrected chi connectivity index (χ4v) is 3.58. The van der Waals surface area contributed by atoms with Gasteiger partial charge in [0.05, 0.1) is 0 Å². The van der Waals surface area contributed by atoms with E-state index < -0.39 is 0 Å². The molecule has 0 aromatic heterocycles. The zero-order chi connectivity index (χ0) is 13.9. The molecule has 1 aromatic rings. The normalized spacial score (nSPS) is 22.2. The highest BCUT2D eigenvalue weighted by atomic mass is 32.2. The van der Waals surface area contributed by atoms with Crippen molar-refractivity contribution in [1.82, 2.24) is 4.90 Å². The summed E-state index contributed by atoms with van der Waals surface area (Å²) in [5.41, 5.74) is 0.688. The Labute approximate surface area is 123 Å². The van der Waals surface area contributed by atoms with Gasteiger partial charge in [-0.3, -0.25) is 4.79 Å². The molecule has 1 aromatic carbocycles. The standard InChI is InChI=1S/C15H19NO3S/c1-11-4-8-20-9-5-16(11)15(17)12-2-3-13-14(10-12)19-7-6-18-13/h2-3,10-11H,4-9H2,1H3/t11-/m1/s1. The maximum Gasteiger partial charge on any atom is 0.254 e. The minimum Gasteiger partial charge on any atom is -0.486 e. The number of rotatable bonds is 1. The maximum atomic E-state index is 12.7. The second kappa shape index (κ2) is 5.95. The lowest BCUT2D eigenvalue weighted by atomic mass is 10.1. The van der Waals surface area contributed by atoms with Crippen molar-refractivity contribution in [3.63, 3.8) is 0 Å². The van der Waals surface area contributed by atoms with Crippen LogP contribution in [0.3, 0.4) is 0 Å². The van der Waals surface area contributed by atoms with Crippen molar-refractivity contribution >= 4 is 17.7 Å². The summed E-state index contributed by atoms with van der Waals surface area (Å²) in [5.74, 6) is 3.65. The molecule has 0 N–H and O–H groups in total. The highest BCUT2D eigenvalue weighted by Crippen LogP contribution is 2.31. The molecule has 2 heterocycles. The molecular formula is C15H19NO3S. The lowest BCUT2D eigenvalue weighted by molar-refractivity contribution is 0.0705. The van der Waals surface area contributed by atoms with Gasteiger partial charge in [-0.15, -0.1) is 0 Å². The van der Waals surface area contributed by atoms with E-state index in [0.29, 0.717) is 30.6 Å². The third-order valence-electron chi connectivity index (χ3n) is 3.74. The highest BCUT2D eigenvalue weighted by Gasteiger charge is 2.24. The minimum absolute atomic E-state index is 0.0944. The summed E-state index contributed by atoms with van der Waals surface area (Å²) in [4.78, 5) is 14.6. The summed E-state index contributed by atoms with van der Waals surface area (Å²) < 4.78 is 11.0. The van der Waals surface area contributed by atoms with Crippen molar-refractivity contribution in [3.8, 4) is 11.5 Å². The second-order valence-corrected chi connectivity index (χ2v) is 6.33. The van der Waals surface area contributed by atoms with Crippen molar-refractivity contribution in [2.75, 3.05) is 31.3 Å². The molecule has 4 nitrogen and oxygen atoms in total. The molecule has 2 aliphatic heterocycles. The molecule has 5 heteroatoms. The van der Waals surface area contributed by atoms with Crippen LogP contribution < -0.4 is 9.47 Å². The van der Waals surface area contributed by atoms with E-state index in [1.54, 1.807) is 0 Å². The van der Waals surface area contributed by atoms with Gasteiger partial charge in [-0.2, -0.15) is 11.8 Å². The predicted molar refractivity (Wildman–Crippen MR) is 79.9 cm³/mol. The van der Waals surface area contributed by atoms with Gasteiger partial charge in [0.25, 0.3) is 5.91 Å². The largest absolute Gasteiger partial charge is 0.486 e. The topological polar surface area (TPSA) is 38.8 Å². The monoisotopic (exact) mass is 293 g/mol. The molecule has 1 saturated heterocycles. The van der Waals surface area contributed by atoms with Crippen LogP contribution in [0.1, 0.15) is 23.7 Å². The Hall–Kier alpha value is -1.36. The first-order valence-corrected chi connectivity index (χ1v) is 8.19. The smallest absolute Gasteiger partial charge is 0.254 e. The summed E-state index contributed by atoms with van der Waals surface area (Å²) in [5, 5.41) is 0. The van der Waals surface area contributed by atoms with Crippen LogP contribution in [0.5, 0.6) is 11.5 Å². The predicted octanol–water partition coefficient (Wildman–Crippen LogP) is 2.43. The number of hydrogen-bond donors (Lipinski definition) is 0. The van der Waals surface area contributed by atoms with Crippen LogP contribution in [0.2, 0.25) is 0 Å². The number of carbonyl (C=O) groups excluding carboxylic acids is 1. The Balaban J connectivity index is 1.82. The number of amides is 1. The van der Waals surface area contributed by atoms with E-state index in [1.807, 2.05) is 34.9 Å². The van der Waals surface area contributed by atoms with E-state index in [0.717, 1.165) is 30.2 Å². The average Bonchev–Trinajstić information content (AvgIpc) is 2.70. The molecule has 0 unspecified atom stereocenters. The summed E-state index contributed by atoms with van der Waals surface area (Å²) in [6.07, 6.45) is 1.06. The summed E-state index contributed by atoms with van der Waals surface area (Å²) in [6, 6.07) is 5.77. The molecule has 20 heavy (non-hydrogen) atoms. The SMILES string of the molecule is C[C@@H]1CCSCCN1C(=O)c1ccc2c(c1)OCCO2. The molecule has 0 aliphatic carbocycles. The van der Waals surface area contributed by atoms with Crippen LogP contribution in [-0.2, 0) is 0 Å². The van der Waals surface area contributed by atoms with Crippen molar-refractivity contribution < 1.29 is 14.3 Å². The minimum atomic E-state index is 0.0944. The van der Waals surface area contributed by atoms with Crippen LogP contribution in [0.15, 0.2) is 18.2 Å². The van der Waals surface area contributed by atoms with Gasteiger partial charge in [0.15, 0.2) is 11.5 Å². The van der Waals surface area contributed by atoms with E-state index >= 15 is 0 Å². The van der Waals surface area contributed by atoms with Crippen molar-refractivity contribution in [3.05, 3.63) is 23.8 Å². The Kier molecular flexibility index (Phi) is 4.05. The number of benzene rings is 1. The fourth-order valence-electron chi connectivity index (χ4n) is 2.54. The second-order valence-electron chi connectivity index (χ2n) is 5.11. The first-order chi connectivity index (χ1) is 9.75. The molecule has 2 aliphatic rings. The van der Waals surface area contributed by atoms with E-state index in [1.165, 1.54) is 0 Å². The molecule has 0 radical (unpaired) electrons. The zero-order valence-electron chi connectivity index (χ0n) is 11.6. The van der Waals surface area contributed by atoms with Crippen LogP contribution in [-0.4, -0.2) is 48.1 Å². The molecule has 0 spiro atoms. The van der Waals surface area contributed by atoms with Gasteiger partial charge >= 0.3 is 0 Å². The van der Waals surface area contributed by atoms with Crippen molar-refractivity contribution in [2.45, 2.75) is 19.4 Å². The molecule has 1 amide bonds. The van der Waals surface area contributed by atoms with E-state index in [9.17, 15) is 4.79 Å². The van der Waals surface area contributed by atoms with Gasteiger partial charge in [-0.25, -0.2) is 0 Å². The van der Waals surface area contributed by atoms with Crippen LogP contribution in [0.25, 0.3) is 0 Å².